The van der Waals surface area contributed by atoms with Crippen molar-refractivity contribution in [1.82, 2.24) is 14.2 Å². The lowest BCUT2D eigenvalue weighted by Crippen LogP contribution is -2.26. The van der Waals surface area contributed by atoms with Gasteiger partial charge < -0.3 is 19.4 Å². The zero-order valence-electron chi connectivity index (χ0n) is 19.1. The summed E-state index contributed by atoms with van der Waals surface area (Å²) >= 11 is 0. The number of amides is 1. The number of ether oxygens (including phenoxy) is 2. The number of benzene rings is 2. The molecule has 8 heteroatoms. The molecule has 170 valence electrons. The molecule has 0 spiro atoms. The molecule has 0 unspecified atom stereocenters. The Labute approximate surface area is 191 Å². The highest BCUT2D eigenvalue weighted by Crippen LogP contribution is 2.29. The topological polar surface area (TPSA) is 86.9 Å². The Morgan fingerprint density at radius 1 is 1.06 bits per heavy atom. The highest BCUT2D eigenvalue weighted by molar-refractivity contribution is 5.91. The van der Waals surface area contributed by atoms with Crippen LogP contribution in [0.2, 0.25) is 0 Å². The van der Waals surface area contributed by atoms with Gasteiger partial charge >= 0.3 is 0 Å². The maximum absolute atomic E-state index is 13.3. The Morgan fingerprint density at radius 2 is 1.85 bits per heavy atom. The summed E-state index contributed by atoms with van der Waals surface area (Å²) in [6, 6.07) is 16.6. The highest BCUT2D eigenvalue weighted by atomic mass is 16.5. The lowest BCUT2D eigenvalue weighted by atomic mass is 10.1. The van der Waals surface area contributed by atoms with E-state index in [2.05, 4.69) is 10.4 Å². The summed E-state index contributed by atoms with van der Waals surface area (Å²) in [4.78, 5) is 25.8. The molecule has 0 bridgehead atoms. The Hall–Kier alpha value is -4.07. The Kier molecular flexibility index (Phi) is 6.17. The van der Waals surface area contributed by atoms with Crippen LogP contribution in [0.15, 0.2) is 59.4 Å². The quantitative estimate of drug-likeness (QED) is 0.469. The molecule has 2 heterocycles. The first kappa shape index (κ1) is 22.1. The number of methoxy groups -OCH3 is 2. The number of hydrogen-bond donors (Lipinski definition) is 1. The Balaban J connectivity index is 1.62. The number of nitrogens with zero attached hydrogens (tertiary/aromatic N) is 3. The summed E-state index contributed by atoms with van der Waals surface area (Å²) < 4.78 is 13.9. The number of para-hydroxylation sites is 1. The highest BCUT2D eigenvalue weighted by Gasteiger charge is 2.18. The molecule has 0 atom stereocenters. The molecule has 1 amide bonds. The van der Waals surface area contributed by atoms with Crippen molar-refractivity contribution in [2.45, 2.75) is 19.8 Å². The SMILES string of the molecule is COc1cccc(NC(=O)CCc2c(C)n(C)c3cc(-c4ccccc4OC)nn3c2=O)c1. The second kappa shape index (κ2) is 9.20. The maximum atomic E-state index is 13.3. The van der Waals surface area contributed by atoms with Crippen LogP contribution in [0.4, 0.5) is 5.69 Å². The van der Waals surface area contributed by atoms with E-state index in [4.69, 9.17) is 9.47 Å². The van der Waals surface area contributed by atoms with Crippen molar-refractivity contribution in [3.63, 3.8) is 0 Å². The average molecular weight is 447 g/mol. The standard InChI is InChI=1S/C25H26N4O4/c1-16-19(12-13-23(30)26-17-8-7-9-18(14-17)32-3)25(31)29-24(28(16)2)15-21(27-29)20-10-5-6-11-22(20)33-4/h5-11,14-15H,12-13H2,1-4H3,(H,26,30). The van der Waals surface area contributed by atoms with Crippen molar-refractivity contribution in [2.24, 2.45) is 7.05 Å². The summed E-state index contributed by atoms with van der Waals surface area (Å²) in [6.07, 6.45) is 0.466. The molecule has 4 rings (SSSR count). The number of aromatic nitrogens is 3. The third kappa shape index (κ3) is 4.32. The van der Waals surface area contributed by atoms with Gasteiger partial charge in [0.05, 0.1) is 19.9 Å². The van der Waals surface area contributed by atoms with Gasteiger partial charge in [-0.2, -0.15) is 9.61 Å². The van der Waals surface area contributed by atoms with Crippen LogP contribution in [0.25, 0.3) is 16.9 Å². The van der Waals surface area contributed by atoms with Crippen LogP contribution >= 0.6 is 0 Å². The van der Waals surface area contributed by atoms with Gasteiger partial charge in [-0.25, -0.2) is 0 Å². The lowest BCUT2D eigenvalue weighted by molar-refractivity contribution is -0.116. The van der Waals surface area contributed by atoms with Gasteiger partial charge in [-0.1, -0.05) is 18.2 Å². The van der Waals surface area contributed by atoms with Gasteiger partial charge in [-0.15, -0.1) is 0 Å². The number of hydrogen-bond acceptors (Lipinski definition) is 5. The van der Waals surface area contributed by atoms with Crippen molar-refractivity contribution in [3.05, 3.63) is 76.2 Å². The minimum Gasteiger partial charge on any atom is -0.497 e. The molecular weight excluding hydrogens is 420 g/mol. The van der Waals surface area contributed by atoms with Crippen molar-refractivity contribution in [1.29, 1.82) is 0 Å². The smallest absolute Gasteiger partial charge is 0.277 e. The first-order valence-corrected chi connectivity index (χ1v) is 10.6. The Bertz CT molecular complexity index is 1390. The second-order valence-corrected chi connectivity index (χ2v) is 7.71. The zero-order valence-corrected chi connectivity index (χ0v) is 19.1. The van der Waals surface area contributed by atoms with Crippen LogP contribution in [0.5, 0.6) is 11.5 Å². The largest absolute Gasteiger partial charge is 0.497 e. The number of nitrogens with one attached hydrogen (secondary N) is 1. The number of fused-ring (bicyclic) bond motifs is 1. The molecule has 33 heavy (non-hydrogen) atoms. The van der Waals surface area contributed by atoms with Crippen LogP contribution in [-0.2, 0) is 18.3 Å². The van der Waals surface area contributed by atoms with Gasteiger partial charge in [0.15, 0.2) is 0 Å². The van der Waals surface area contributed by atoms with Crippen LogP contribution < -0.4 is 20.3 Å². The number of anilines is 1. The number of carbonyl (C=O) groups is 1. The number of rotatable bonds is 7. The molecule has 8 nitrogen and oxygen atoms in total. The van der Waals surface area contributed by atoms with E-state index >= 15 is 0 Å². The fourth-order valence-electron chi connectivity index (χ4n) is 3.86. The monoisotopic (exact) mass is 446 g/mol. The van der Waals surface area contributed by atoms with Gasteiger partial charge in [0.2, 0.25) is 5.91 Å². The van der Waals surface area contributed by atoms with E-state index in [1.165, 1.54) is 4.52 Å². The van der Waals surface area contributed by atoms with Crippen LogP contribution in [0, 0.1) is 6.92 Å². The van der Waals surface area contributed by atoms with Gasteiger partial charge in [-0.05, 0) is 37.6 Å². The number of aryl methyl sites for hydroxylation is 1. The van der Waals surface area contributed by atoms with Crippen LogP contribution in [-0.4, -0.2) is 34.3 Å². The molecule has 2 aromatic heterocycles. The van der Waals surface area contributed by atoms with Gasteiger partial charge in [0.1, 0.15) is 17.1 Å². The van der Waals surface area contributed by atoms with Gasteiger partial charge in [0.25, 0.3) is 5.56 Å². The third-order valence-electron chi connectivity index (χ3n) is 5.76. The summed E-state index contributed by atoms with van der Waals surface area (Å²) in [6.45, 7) is 1.88. The van der Waals surface area contributed by atoms with E-state index < -0.39 is 0 Å². The summed E-state index contributed by atoms with van der Waals surface area (Å²) in [5.74, 6) is 1.16. The van der Waals surface area contributed by atoms with Crippen LogP contribution in [0.3, 0.4) is 0 Å². The normalized spacial score (nSPS) is 10.9. The fourth-order valence-corrected chi connectivity index (χ4v) is 3.86. The maximum Gasteiger partial charge on any atom is 0.277 e. The van der Waals surface area contributed by atoms with Crippen molar-refractivity contribution in [3.8, 4) is 22.8 Å². The van der Waals surface area contributed by atoms with Crippen molar-refractivity contribution >= 4 is 17.2 Å². The first-order valence-electron chi connectivity index (χ1n) is 10.6. The van der Waals surface area contributed by atoms with E-state index in [-0.39, 0.29) is 17.9 Å². The first-order chi connectivity index (χ1) is 15.9. The molecule has 0 saturated carbocycles. The summed E-state index contributed by atoms with van der Waals surface area (Å²) in [7, 11) is 5.06. The summed E-state index contributed by atoms with van der Waals surface area (Å²) in [5.41, 5.74) is 3.90. The molecular formula is C25H26N4O4. The molecule has 0 aliphatic heterocycles. The van der Waals surface area contributed by atoms with Gasteiger partial charge in [0, 0.05) is 48.1 Å². The second-order valence-electron chi connectivity index (χ2n) is 7.71. The lowest BCUT2D eigenvalue weighted by Gasteiger charge is -2.12. The van der Waals surface area contributed by atoms with Gasteiger partial charge in [-0.3, -0.25) is 9.59 Å². The summed E-state index contributed by atoms with van der Waals surface area (Å²) in [5, 5.41) is 7.41. The van der Waals surface area contributed by atoms with E-state index in [1.807, 2.05) is 48.9 Å². The van der Waals surface area contributed by atoms with Crippen LogP contribution in [0.1, 0.15) is 17.7 Å². The predicted molar refractivity (Wildman–Crippen MR) is 127 cm³/mol. The molecule has 1 N–H and O–H groups in total. The molecule has 0 aliphatic carbocycles. The zero-order chi connectivity index (χ0) is 23.5. The average Bonchev–Trinajstić information content (AvgIpc) is 3.28. The molecule has 2 aromatic carbocycles. The fraction of sp³-hybridized carbons (Fsp3) is 0.240. The molecule has 0 radical (unpaired) electrons. The van der Waals surface area contributed by atoms with E-state index in [1.54, 1.807) is 38.5 Å². The van der Waals surface area contributed by atoms with E-state index in [9.17, 15) is 9.59 Å². The minimum atomic E-state index is -0.226. The molecule has 4 aromatic rings. The van der Waals surface area contributed by atoms with Crippen molar-refractivity contribution in [2.75, 3.05) is 19.5 Å². The van der Waals surface area contributed by atoms with E-state index in [0.29, 0.717) is 40.5 Å². The van der Waals surface area contributed by atoms with E-state index in [0.717, 1.165) is 11.3 Å². The molecule has 0 fully saturated rings. The molecule has 0 saturated heterocycles. The number of carbonyl (C=O) groups excluding carboxylic acids is 1. The predicted octanol–water partition coefficient (Wildman–Crippen LogP) is 3.60. The third-order valence-corrected chi connectivity index (χ3v) is 5.76. The van der Waals surface area contributed by atoms with Crippen molar-refractivity contribution < 1.29 is 14.3 Å². The Morgan fingerprint density at radius 3 is 2.61 bits per heavy atom. The molecule has 0 aliphatic rings. The minimum absolute atomic E-state index is 0.166.